The van der Waals surface area contributed by atoms with Gasteiger partial charge in [-0.1, -0.05) is 127 Å². The monoisotopic (exact) mass is 758 g/mol. The summed E-state index contributed by atoms with van der Waals surface area (Å²) >= 11 is 0. The Bertz CT molecular complexity index is 3230. The van der Waals surface area contributed by atoms with Gasteiger partial charge in [0.25, 0.3) is 0 Å². The van der Waals surface area contributed by atoms with Gasteiger partial charge in [0.05, 0.1) is 11.0 Å². The van der Waals surface area contributed by atoms with Crippen molar-refractivity contribution in [2.75, 3.05) is 4.90 Å². The summed E-state index contributed by atoms with van der Waals surface area (Å²) in [5.41, 5.74) is 19.0. The second kappa shape index (κ2) is 13.8. The van der Waals surface area contributed by atoms with Crippen LogP contribution in [0.3, 0.4) is 0 Å². The van der Waals surface area contributed by atoms with Gasteiger partial charge in [-0.25, -0.2) is 0 Å². The fraction of sp³-hybridized carbons (Fsp3) is 0.107. The molecular weight excluding hydrogens is 717 g/mol. The van der Waals surface area contributed by atoms with Crippen molar-refractivity contribution in [3.8, 4) is 11.1 Å². The topological polar surface area (TPSA) is 21.3 Å². The molecule has 2 aromatic heterocycles. The molecule has 0 saturated heterocycles. The van der Waals surface area contributed by atoms with Crippen LogP contribution < -0.4 is 4.90 Å². The molecule has 3 nitrogen and oxygen atoms in total. The van der Waals surface area contributed by atoms with Gasteiger partial charge in [0.15, 0.2) is 0 Å². The molecule has 7 aromatic carbocycles. The van der Waals surface area contributed by atoms with E-state index in [4.69, 9.17) is 4.42 Å². The first-order valence-corrected chi connectivity index (χ1v) is 21.0. The zero-order valence-electron chi connectivity index (χ0n) is 32.8. The average molecular weight is 759 g/mol. The summed E-state index contributed by atoms with van der Waals surface area (Å²) in [6.07, 6.45) is 14.7. The van der Waals surface area contributed by atoms with E-state index in [1.807, 2.05) is 6.07 Å². The molecule has 1 unspecified atom stereocenters. The number of benzene rings is 7. The summed E-state index contributed by atoms with van der Waals surface area (Å²) in [5, 5.41) is 4.84. The molecule has 0 fully saturated rings. The Morgan fingerprint density at radius 1 is 0.492 bits per heavy atom. The van der Waals surface area contributed by atoms with Crippen molar-refractivity contribution in [1.82, 2.24) is 4.57 Å². The smallest absolute Gasteiger partial charge is 0.136 e. The van der Waals surface area contributed by atoms with Crippen molar-refractivity contribution >= 4 is 72.0 Å². The summed E-state index contributed by atoms with van der Waals surface area (Å²) in [4.78, 5) is 2.50. The molecule has 2 heterocycles. The summed E-state index contributed by atoms with van der Waals surface area (Å²) in [6, 6.07) is 59.7. The van der Waals surface area contributed by atoms with E-state index in [9.17, 15) is 0 Å². The average Bonchev–Trinajstić information content (AvgIpc) is 3.84. The van der Waals surface area contributed by atoms with Gasteiger partial charge in [0, 0.05) is 44.3 Å². The molecule has 3 aliphatic rings. The van der Waals surface area contributed by atoms with E-state index in [1.165, 1.54) is 94.3 Å². The van der Waals surface area contributed by atoms with Crippen molar-refractivity contribution in [2.24, 2.45) is 5.92 Å². The van der Waals surface area contributed by atoms with Crippen LogP contribution in [0.2, 0.25) is 0 Å². The SMILES string of the molecule is C1=C(c2ccccc2)CCC(N(c2ccc(-c3ccccc3)cc2)c2ccc3c(c2)CCC2CC(n4c5ccccc5c5cc6oc7ccccc7c6cc54)=CC=C32)=C1. The maximum atomic E-state index is 6.35. The number of hydrogen-bond acceptors (Lipinski definition) is 2. The molecular formula is C56H42N2O. The Labute approximate surface area is 344 Å². The molecule has 1 atom stereocenters. The molecule has 0 amide bonds. The zero-order chi connectivity index (χ0) is 38.9. The number of aromatic nitrogens is 1. The van der Waals surface area contributed by atoms with E-state index < -0.39 is 0 Å². The lowest BCUT2D eigenvalue weighted by Crippen LogP contribution is -2.20. The number of rotatable bonds is 6. The molecule has 0 spiro atoms. The Hall–Kier alpha value is -7.10. The number of furan rings is 1. The second-order valence-corrected chi connectivity index (χ2v) is 16.3. The number of anilines is 2. The lowest BCUT2D eigenvalue weighted by molar-refractivity contribution is 0.592. The minimum atomic E-state index is 0.465. The van der Waals surface area contributed by atoms with Crippen molar-refractivity contribution in [3.05, 3.63) is 210 Å². The highest BCUT2D eigenvalue weighted by atomic mass is 16.3. The highest BCUT2D eigenvalue weighted by Gasteiger charge is 2.30. The van der Waals surface area contributed by atoms with E-state index in [-0.39, 0.29) is 0 Å². The minimum absolute atomic E-state index is 0.465. The highest BCUT2D eigenvalue weighted by Crippen LogP contribution is 2.47. The number of allylic oxidation sites excluding steroid dienone is 8. The molecule has 0 aliphatic heterocycles. The van der Waals surface area contributed by atoms with Gasteiger partial charge < -0.3 is 13.9 Å². The molecule has 0 bridgehead atoms. The van der Waals surface area contributed by atoms with Crippen LogP contribution in [0.5, 0.6) is 0 Å². The second-order valence-electron chi connectivity index (χ2n) is 16.3. The third kappa shape index (κ3) is 5.72. The Kier molecular flexibility index (Phi) is 7.94. The zero-order valence-corrected chi connectivity index (χ0v) is 32.8. The third-order valence-electron chi connectivity index (χ3n) is 13.0. The summed E-state index contributed by atoms with van der Waals surface area (Å²) in [5.74, 6) is 0.465. The largest absolute Gasteiger partial charge is 0.456 e. The van der Waals surface area contributed by atoms with Gasteiger partial charge in [-0.3, -0.25) is 0 Å². The normalized spacial score (nSPS) is 16.4. The summed E-state index contributed by atoms with van der Waals surface area (Å²) in [6.45, 7) is 0. The highest BCUT2D eigenvalue weighted by molar-refractivity contribution is 6.17. The quantitative estimate of drug-likeness (QED) is 0.168. The van der Waals surface area contributed by atoms with Crippen molar-refractivity contribution in [3.63, 3.8) is 0 Å². The molecule has 12 rings (SSSR count). The fourth-order valence-corrected chi connectivity index (χ4v) is 10.1. The van der Waals surface area contributed by atoms with Gasteiger partial charge in [0.1, 0.15) is 11.2 Å². The Morgan fingerprint density at radius 3 is 2.03 bits per heavy atom. The molecule has 0 radical (unpaired) electrons. The van der Waals surface area contributed by atoms with Crippen LogP contribution in [0, 0.1) is 5.92 Å². The molecule has 0 N–H and O–H groups in total. The van der Waals surface area contributed by atoms with Crippen LogP contribution in [0.1, 0.15) is 42.4 Å². The number of nitrogens with zero attached hydrogens (tertiary/aromatic N) is 2. The molecule has 282 valence electrons. The first-order chi connectivity index (χ1) is 29.2. The van der Waals surface area contributed by atoms with Gasteiger partial charge in [-0.05, 0) is 138 Å². The van der Waals surface area contributed by atoms with E-state index in [0.717, 1.165) is 43.3 Å². The maximum Gasteiger partial charge on any atom is 0.136 e. The van der Waals surface area contributed by atoms with Crippen LogP contribution in [-0.4, -0.2) is 4.57 Å². The number of fused-ring (bicyclic) bond motifs is 9. The predicted molar refractivity (Wildman–Crippen MR) is 248 cm³/mol. The number of para-hydroxylation sites is 2. The number of hydrogen-bond donors (Lipinski definition) is 0. The fourth-order valence-electron chi connectivity index (χ4n) is 10.1. The first kappa shape index (κ1) is 34.0. The van der Waals surface area contributed by atoms with E-state index in [1.54, 1.807) is 0 Å². The van der Waals surface area contributed by atoms with Crippen LogP contribution in [0.4, 0.5) is 11.4 Å². The van der Waals surface area contributed by atoms with Gasteiger partial charge >= 0.3 is 0 Å². The Balaban J connectivity index is 0.929. The van der Waals surface area contributed by atoms with Gasteiger partial charge in [-0.15, -0.1) is 0 Å². The molecule has 3 aliphatic carbocycles. The lowest BCUT2D eigenvalue weighted by atomic mass is 9.75. The van der Waals surface area contributed by atoms with Crippen molar-refractivity contribution < 1.29 is 4.42 Å². The molecule has 0 saturated carbocycles. The minimum Gasteiger partial charge on any atom is -0.456 e. The molecule has 3 heteroatoms. The summed E-state index contributed by atoms with van der Waals surface area (Å²) < 4.78 is 8.87. The lowest BCUT2D eigenvalue weighted by Gasteiger charge is -2.34. The van der Waals surface area contributed by atoms with E-state index in [0.29, 0.717) is 5.92 Å². The standard InChI is InChI=1S/C56H42N2O/c1-3-11-37(12-4-1)39-21-25-43(26-22-39)57(44-27-23-40(24-28-44)38-13-5-2-6-14-38)45-29-31-47-41(33-45)19-20-42-34-46(30-32-48(42)47)58-53-17-9-7-15-49(53)51-36-56-52(35-54(51)58)50-16-8-10-18-55(50)59-56/h1-18,21-23,25-27,29-33,35-36,42H,19-20,24,28,34H2. The first-order valence-electron chi connectivity index (χ1n) is 21.0. The van der Waals surface area contributed by atoms with Crippen LogP contribution in [0.15, 0.2) is 198 Å². The Morgan fingerprint density at radius 2 is 1.22 bits per heavy atom. The third-order valence-corrected chi connectivity index (χ3v) is 13.0. The van der Waals surface area contributed by atoms with E-state index in [2.05, 4.69) is 191 Å². The van der Waals surface area contributed by atoms with Crippen LogP contribution in [-0.2, 0) is 6.42 Å². The summed E-state index contributed by atoms with van der Waals surface area (Å²) in [7, 11) is 0. The van der Waals surface area contributed by atoms with E-state index >= 15 is 0 Å². The maximum absolute atomic E-state index is 6.35. The van der Waals surface area contributed by atoms with Crippen molar-refractivity contribution in [1.29, 1.82) is 0 Å². The number of aryl methyl sites for hydroxylation is 1. The van der Waals surface area contributed by atoms with Gasteiger partial charge in [0.2, 0.25) is 0 Å². The predicted octanol–water partition coefficient (Wildman–Crippen LogP) is 15.2. The molecule has 9 aromatic rings. The van der Waals surface area contributed by atoms with Crippen LogP contribution in [0.25, 0.3) is 71.7 Å². The van der Waals surface area contributed by atoms with Gasteiger partial charge in [-0.2, -0.15) is 0 Å². The van der Waals surface area contributed by atoms with Crippen LogP contribution >= 0.6 is 0 Å². The van der Waals surface area contributed by atoms with Crippen molar-refractivity contribution in [2.45, 2.75) is 32.1 Å². The molecule has 59 heavy (non-hydrogen) atoms.